The van der Waals surface area contributed by atoms with Crippen LogP contribution in [0.25, 0.3) is 0 Å². The maximum absolute atomic E-state index is 12.9. The van der Waals surface area contributed by atoms with Gasteiger partial charge in [-0.05, 0) is 53.6 Å². The third-order valence-electron chi connectivity index (χ3n) is 5.96. The van der Waals surface area contributed by atoms with Crippen molar-refractivity contribution in [3.63, 3.8) is 0 Å². The molecule has 2 unspecified atom stereocenters. The van der Waals surface area contributed by atoms with Crippen molar-refractivity contribution in [2.75, 3.05) is 0 Å². The second kappa shape index (κ2) is 9.92. The lowest BCUT2D eigenvalue weighted by Crippen LogP contribution is -2.44. The molecule has 3 heterocycles. The summed E-state index contributed by atoms with van der Waals surface area (Å²) < 4.78 is 2.02. The number of aromatic nitrogens is 2. The zero-order chi connectivity index (χ0) is 21.5. The lowest BCUT2D eigenvalue weighted by Gasteiger charge is -2.29. The van der Waals surface area contributed by atoms with Gasteiger partial charge in [-0.25, -0.2) is 4.98 Å². The maximum atomic E-state index is 12.9. The second-order valence-electron chi connectivity index (χ2n) is 8.26. The van der Waals surface area contributed by atoms with Gasteiger partial charge in [-0.1, -0.05) is 30.3 Å². The maximum Gasteiger partial charge on any atom is 0.220 e. The Balaban J connectivity index is 1.38. The van der Waals surface area contributed by atoms with Gasteiger partial charge in [0.15, 0.2) is 0 Å². The third kappa shape index (κ3) is 5.82. The molecule has 0 saturated carbocycles. The first-order valence-electron chi connectivity index (χ1n) is 10.7. The van der Waals surface area contributed by atoms with Gasteiger partial charge in [0.2, 0.25) is 11.8 Å². The fourth-order valence-electron chi connectivity index (χ4n) is 4.29. The molecule has 1 fully saturated rings. The normalized spacial score (nSPS) is 19.2. The SMILES string of the molecule is O=C(CCC1(Cc2ccsc2)CCC(=O)N1)NC(CCn1ccnc1)c1ccccc1. The summed E-state index contributed by atoms with van der Waals surface area (Å²) in [5.41, 5.74) is 1.99. The van der Waals surface area contributed by atoms with E-state index >= 15 is 0 Å². The van der Waals surface area contributed by atoms with E-state index in [1.807, 2.05) is 41.1 Å². The molecule has 0 aliphatic carbocycles. The van der Waals surface area contributed by atoms with Crippen LogP contribution in [0.15, 0.2) is 65.9 Å². The van der Waals surface area contributed by atoms with Crippen LogP contribution >= 0.6 is 11.3 Å². The van der Waals surface area contributed by atoms with E-state index in [9.17, 15) is 9.59 Å². The fraction of sp³-hybridized carbons (Fsp3) is 0.375. The summed E-state index contributed by atoms with van der Waals surface area (Å²) in [5, 5.41) is 10.6. The highest BCUT2D eigenvalue weighted by atomic mass is 32.1. The van der Waals surface area contributed by atoms with E-state index in [0.29, 0.717) is 19.3 Å². The summed E-state index contributed by atoms with van der Waals surface area (Å²) in [7, 11) is 0. The number of nitrogens with zero attached hydrogens (tertiary/aromatic N) is 2. The summed E-state index contributed by atoms with van der Waals surface area (Å²) >= 11 is 1.66. The Hall–Kier alpha value is -2.93. The molecule has 2 amide bonds. The van der Waals surface area contributed by atoms with Crippen LogP contribution in [-0.4, -0.2) is 26.9 Å². The second-order valence-corrected chi connectivity index (χ2v) is 9.04. The van der Waals surface area contributed by atoms with Crippen molar-refractivity contribution in [2.45, 2.75) is 56.7 Å². The summed E-state index contributed by atoms with van der Waals surface area (Å²) in [5.74, 6) is 0.100. The number of imidazole rings is 1. The summed E-state index contributed by atoms with van der Waals surface area (Å²) in [4.78, 5) is 29.0. The minimum Gasteiger partial charge on any atom is -0.350 e. The van der Waals surface area contributed by atoms with E-state index in [4.69, 9.17) is 0 Å². The zero-order valence-corrected chi connectivity index (χ0v) is 18.3. The van der Waals surface area contributed by atoms with E-state index in [1.54, 1.807) is 23.9 Å². The molecule has 1 aromatic carbocycles. The summed E-state index contributed by atoms with van der Waals surface area (Å²) in [6.07, 6.45) is 9.38. The van der Waals surface area contributed by atoms with Gasteiger partial charge in [-0.15, -0.1) is 0 Å². The molecular formula is C24H28N4O2S. The minimum atomic E-state index is -0.325. The Labute approximate surface area is 186 Å². The molecule has 7 heteroatoms. The lowest BCUT2D eigenvalue weighted by atomic mass is 9.85. The predicted octanol–water partition coefficient (Wildman–Crippen LogP) is 3.86. The Morgan fingerprint density at radius 3 is 2.84 bits per heavy atom. The molecular weight excluding hydrogens is 408 g/mol. The zero-order valence-electron chi connectivity index (χ0n) is 17.5. The van der Waals surface area contributed by atoms with E-state index in [2.05, 4.69) is 32.4 Å². The molecule has 162 valence electrons. The first-order valence-corrected chi connectivity index (χ1v) is 11.7. The van der Waals surface area contributed by atoms with Gasteiger partial charge in [0.25, 0.3) is 0 Å². The van der Waals surface area contributed by atoms with Crippen molar-refractivity contribution >= 4 is 23.2 Å². The van der Waals surface area contributed by atoms with Gasteiger partial charge in [-0.3, -0.25) is 9.59 Å². The topological polar surface area (TPSA) is 76.0 Å². The van der Waals surface area contributed by atoms with E-state index in [-0.39, 0.29) is 23.4 Å². The molecule has 1 aliphatic heterocycles. The standard InChI is InChI=1S/C24H28N4O2S/c29-22(6-10-24(11-7-23(30)27-24)16-19-9-15-31-17-19)26-21(20-4-2-1-3-5-20)8-13-28-14-12-25-18-28/h1-5,9,12,14-15,17-18,21H,6-8,10-11,13,16H2,(H,26,29)(H,27,30). The van der Waals surface area contributed by atoms with Gasteiger partial charge in [-0.2, -0.15) is 11.3 Å². The van der Waals surface area contributed by atoms with Crippen LogP contribution in [0.1, 0.15) is 49.3 Å². The van der Waals surface area contributed by atoms with Crippen LogP contribution in [0.2, 0.25) is 0 Å². The van der Waals surface area contributed by atoms with Crippen LogP contribution in [0.3, 0.4) is 0 Å². The first-order chi connectivity index (χ1) is 15.1. The van der Waals surface area contributed by atoms with Crippen LogP contribution < -0.4 is 10.6 Å². The largest absolute Gasteiger partial charge is 0.350 e. The molecule has 1 aliphatic rings. The monoisotopic (exact) mass is 436 g/mol. The fourth-order valence-corrected chi connectivity index (χ4v) is 4.96. The van der Waals surface area contributed by atoms with E-state index in [0.717, 1.165) is 31.4 Å². The average molecular weight is 437 g/mol. The highest BCUT2D eigenvalue weighted by Gasteiger charge is 2.38. The summed E-state index contributed by atoms with van der Waals surface area (Å²) in [6, 6.07) is 12.1. The Morgan fingerprint density at radius 1 is 1.29 bits per heavy atom. The van der Waals surface area contributed by atoms with Gasteiger partial charge in [0.1, 0.15) is 0 Å². The highest BCUT2D eigenvalue weighted by Crippen LogP contribution is 2.30. The van der Waals surface area contributed by atoms with Crippen LogP contribution in [-0.2, 0) is 22.6 Å². The molecule has 2 atom stereocenters. The average Bonchev–Trinajstić information content (AvgIpc) is 3.54. The molecule has 3 aromatic rings. The Morgan fingerprint density at radius 2 is 2.16 bits per heavy atom. The van der Waals surface area contributed by atoms with Crippen molar-refractivity contribution in [1.82, 2.24) is 20.2 Å². The van der Waals surface area contributed by atoms with Gasteiger partial charge < -0.3 is 15.2 Å². The number of amides is 2. The number of carbonyl (C=O) groups is 2. The Bertz CT molecular complexity index is 972. The predicted molar refractivity (Wildman–Crippen MR) is 122 cm³/mol. The molecule has 6 nitrogen and oxygen atoms in total. The summed E-state index contributed by atoms with van der Waals surface area (Å²) in [6.45, 7) is 0.776. The molecule has 4 rings (SSSR count). The van der Waals surface area contributed by atoms with E-state index in [1.165, 1.54) is 5.56 Å². The highest BCUT2D eigenvalue weighted by molar-refractivity contribution is 7.07. The molecule has 1 saturated heterocycles. The quantitative estimate of drug-likeness (QED) is 0.507. The van der Waals surface area contributed by atoms with Crippen molar-refractivity contribution in [2.24, 2.45) is 0 Å². The van der Waals surface area contributed by atoms with Crippen molar-refractivity contribution in [3.8, 4) is 0 Å². The number of hydrogen-bond donors (Lipinski definition) is 2. The number of benzene rings is 1. The smallest absolute Gasteiger partial charge is 0.220 e. The number of thiophene rings is 1. The van der Waals surface area contributed by atoms with Crippen LogP contribution in [0, 0.1) is 0 Å². The Kier molecular flexibility index (Phi) is 6.82. The van der Waals surface area contributed by atoms with Crippen molar-refractivity contribution < 1.29 is 9.59 Å². The number of carbonyl (C=O) groups excluding carboxylic acids is 2. The lowest BCUT2D eigenvalue weighted by molar-refractivity contribution is -0.123. The molecule has 0 spiro atoms. The van der Waals surface area contributed by atoms with Gasteiger partial charge >= 0.3 is 0 Å². The van der Waals surface area contributed by atoms with Gasteiger partial charge in [0, 0.05) is 37.3 Å². The third-order valence-corrected chi connectivity index (χ3v) is 6.69. The number of aryl methyl sites for hydroxylation is 1. The number of nitrogens with one attached hydrogen (secondary N) is 2. The van der Waals surface area contributed by atoms with Crippen LogP contribution in [0.5, 0.6) is 0 Å². The molecule has 2 N–H and O–H groups in total. The molecule has 2 aromatic heterocycles. The number of rotatable bonds is 10. The molecule has 31 heavy (non-hydrogen) atoms. The minimum absolute atomic E-state index is 0.0188. The van der Waals surface area contributed by atoms with E-state index < -0.39 is 0 Å². The number of hydrogen-bond acceptors (Lipinski definition) is 4. The molecule has 0 radical (unpaired) electrons. The van der Waals surface area contributed by atoms with Crippen LogP contribution in [0.4, 0.5) is 0 Å². The molecule has 0 bridgehead atoms. The first kappa shape index (κ1) is 21.3. The van der Waals surface area contributed by atoms with Crippen molar-refractivity contribution in [3.05, 3.63) is 77.0 Å². The van der Waals surface area contributed by atoms with Crippen molar-refractivity contribution in [1.29, 1.82) is 0 Å². The van der Waals surface area contributed by atoms with Gasteiger partial charge in [0.05, 0.1) is 12.4 Å².